The summed E-state index contributed by atoms with van der Waals surface area (Å²) >= 11 is 0. The summed E-state index contributed by atoms with van der Waals surface area (Å²) in [7, 11) is 0. The number of aromatic nitrogens is 2. The lowest BCUT2D eigenvalue weighted by atomic mass is 10.1. The Hall–Kier alpha value is -3.39. The van der Waals surface area contributed by atoms with Crippen LogP contribution in [0.5, 0.6) is 0 Å². The number of H-pyrrole nitrogens is 1. The molecule has 0 aliphatic carbocycles. The number of hydrogen-bond acceptors (Lipinski definition) is 5. The van der Waals surface area contributed by atoms with Gasteiger partial charge in [0.05, 0.1) is 17.6 Å². The van der Waals surface area contributed by atoms with Gasteiger partial charge in [-0.2, -0.15) is 0 Å². The second kappa shape index (κ2) is 7.45. The Bertz CT molecular complexity index is 856. The molecule has 0 spiro atoms. The largest absolute Gasteiger partial charge is 0.445 e. The van der Waals surface area contributed by atoms with E-state index in [0.29, 0.717) is 17.0 Å². The number of imidazole rings is 1. The Morgan fingerprint density at radius 2 is 1.88 bits per heavy atom. The van der Waals surface area contributed by atoms with Crippen LogP contribution in [0.3, 0.4) is 0 Å². The van der Waals surface area contributed by atoms with Crippen LogP contribution in [-0.2, 0) is 17.9 Å². The van der Waals surface area contributed by atoms with E-state index in [2.05, 4.69) is 15.3 Å². The van der Waals surface area contributed by atoms with Gasteiger partial charge in [-0.25, -0.2) is 15.3 Å². The number of ether oxygens (including phenoxy) is 1. The molecule has 2 aromatic carbocycles. The molecule has 0 aliphatic rings. The molecule has 0 aliphatic heterocycles. The van der Waals surface area contributed by atoms with Crippen molar-refractivity contribution in [3.8, 4) is 0 Å². The molecular weight excluding hydrogens is 324 g/mol. The molecule has 0 saturated carbocycles. The van der Waals surface area contributed by atoms with Crippen LogP contribution in [0.15, 0.2) is 48.5 Å². The van der Waals surface area contributed by atoms with Crippen molar-refractivity contribution < 1.29 is 19.5 Å². The van der Waals surface area contributed by atoms with Gasteiger partial charge in [0, 0.05) is 5.56 Å². The van der Waals surface area contributed by atoms with Crippen LogP contribution in [0.25, 0.3) is 11.0 Å². The normalized spacial score (nSPS) is 10.4. The molecule has 8 heteroatoms. The number of carbonyl (C=O) groups excluding carboxylic acids is 2. The zero-order chi connectivity index (χ0) is 17.6. The van der Waals surface area contributed by atoms with Crippen LogP contribution in [0.1, 0.15) is 21.7 Å². The molecule has 25 heavy (non-hydrogen) atoms. The third-order valence-corrected chi connectivity index (χ3v) is 3.53. The molecule has 0 unspecified atom stereocenters. The highest BCUT2D eigenvalue weighted by molar-refractivity contribution is 5.93. The molecule has 1 heterocycles. The zero-order valence-corrected chi connectivity index (χ0v) is 13.2. The number of rotatable bonds is 5. The Morgan fingerprint density at radius 1 is 1.12 bits per heavy atom. The molecule has 0 atom stereocenters. The van der Waals surface area contributed by atoms with Gasteiger partial charge in [0.15, 0.2) is 0 Å². The molecule has 0 fully saturated rings. The van der Waals surface area contributed by atoms with Crippen LogP contribution in [0, 0.1) is 0 Å². The van der Waals surface area contributed by atoms with Crippen molar-refractivity contribution in [3.05, 3.63) is 65.5 Å². The first-order valence-electron chi connectivity index (χ1n) is 7.53. The third-order valence-electron chi connectivity index (χ3n) is 3.53. The lowest BCUT2D eigenvalue weighted by Gasteiger charge is -2.06. The summed E-state index contributed by atoms with van der Waals surface area (Å²) in [5, 5.41) is 11.2. The number of hydrogen-bond donors (Lipinski definition) is 4. The van der Waals surface area contributed by atoms with Crippen LogP contribution in [0.4, 0.5) is 4.79 Å². The second-order valence-electron chi connectivity index (χ2n) is 5.27. The molecule has 0 bridgehead atoms. The van der Waals surface area contributed by atoms with Gasteiger partial charge in [0.2, 0.25) is 0 Å². The molecule has 3 aromatic rings. The highest BCUT2D eigenvalue weighted by Crippen LogP contribution is 2.10. The van der Waals surface area contributed by atoms with Crippen LogP contribution >= 0.6 is 0 Å². The lowest BCUT2D eigenvalue weighted by molar-refractivity contribution is 0.0706. The van der Waals surface area contributed by atoms with Crippen molar-refractivity contribution in [3.63, 3.8) is 0 Å². The first kappa shape index (κ1) is 16.5. The lowest BCUT2D eigenvalue weighted by Crippen LogP contribution is -2.24. The van der Waals surface area contributed by atoms with Gasteiger partial charge in [0.25, 0.3) is 5.91 Å². The Morgan fingerprint density at radius 3 is 2.60 bits per heavy atom. The van der Waals surface area contributed by atoms with Crippen molar-refractivity contribution in [1.82, 2.24) is 20.8 Å². The number of alkyl carbamates (subject to hydrolysis) is 1. The summed E-state index contributed by atoms with van der Waals surface area (Å²) in [5.41, 5.74) is 4.31. The molecule has 4 N–H and O–H groups in total. The number of nitrogens with zero attached hydrogens (tertiary/aromatic N) is 1. The number of hydroxylamine groups is 1. The second-order valence-corrected chi connectivity index (χ2v) is 5.27. The highest BCUT2D eigenvalue weighted by atomic mass is 16.5. The number of fused-ring (bicyclic) bond motifs is 1. The summed E-state index contributed by atoms with van der Waals surface area (Å²) in [6.45, 7) is 0.288. The summed E-state index contributed by atoms with van der Waals surface area (Å²) < 4.78 is 5.11. The minimum Gasteiger partial charge on any atom is -0.445 e. The molecule has 0 saturated heterocycles. The number of carbonyl (C=O) groups is 2. The topological polar surface area (TPSA) is 116 Å². The first-order valence-corrected chi connectivity index (χ1v) is 7.53. The van der Waals surface area contributed by atoms with E-state index in [0.717, 1.165) is 11.0 Å². The van der Waals surface area contributed by atoms with Crippen LogP contribution < -0.4 is 10.8 Å². The van der Waals surface area contributed by atoms with E-state index < -0.39 is 12.0 Å². The van der Waals surface area contributed by atoms with Crippen molar-refractivity contribution in [2.75, 3.05) is 0 Å². The molecule has 0 radical (unpaired) electrons. The molecule has 1 aromatic heterocycles. The summed E-state index contributed by atoms with van der Waals surface area (Å²) in [4.78, 5) is 30.4. The fourth-order valence-corrected chi connectivity index (χ4v) is 2.26. The Kier molecular flexibility index (Phi) is 4.91. The summed E-state index contributed by atoms with van der Waals surface area (Å²) in [6, 6.07) is 13.9. The van der Waals surface area contributed by atoms with Crippen LogP contribution in [-0.4, -0.2) is 27.2 Å². The van der Waals surface area contributed by atoms with E-state index in [9.17, 15) is 9.59 Å². The number of nitrogens with one attached hydrogen (secondary N) is 3. The monoisotopic (exact) mass is 340 g/mol. The maximum absolute atomic E-state index is 11.8. The fourth-order valence-electron chi connectivity index (χ4n) is 2.26. The van der Waals surface area contributed by atoms with Gasteiger partial charge in [-0.05, 0) is 29.8 Å². The number of para-hydroxylation sites is 2. The zero-order valence-electron chi connectivity index (χ0n) is 13.2. The van der Waals surface area contributed by atoms with Gasteiger partial charge in [-0.15, -0.1) is 0 Å². The number of benzene rings is 2. The van der Waals surface area contributed by atoms with Gasteiger partial charge < -0.3 is 15.0 Å². The molecule has 3 rings (SSSR count). The summed E-state index contributed by atoms with van der Waals surface area (Å²) in [5.74, 6) is 0.0357. The van der Waals surface area contributed by atoms with Gasteiger partial charge in [-0.3, -0.25) is 10.0 Å². The van der Waals surface area contributed by atoms with E-state index in [1.54, 1.807) is 17.6 Å². The third kappa shape index (κ3) is 4.12. The fraction of sp³-hybridized carbons (Fsp3) is 0.118. The van der Waals surface area contributed by atoms with E-state index in [1.165, 1.54) is 12.1 Å². The quantitative estimate of drug-likeness (QED) is 0.419. The van der Waals surface area contributed by atoms with Crippen LogP contribution in [0.2, 0.25) is 0 Å². The predicted molar refractivity (Wildman–Crippen MR) is 88.8 cm³/mol. The Labute approximate surface area is 142 Å². The molecule has 2 amide bonds. The summed E-state index contributed by atoms with van der Waals surface area (Å²) in [6.07, 6.45) is -0.572. The van der Waals surface area contributed by atoms with Crippen molar-refractivity contribution in [2.45, 2.75) is 13.2 Å². The molecular formula is C17H16N4O4. The molecule has 8 nitrogen and oxygen atoms in total. The highest BCUT2D eigenvalue weighted by Gasteiger charge is 2.07. The SMILES string of the molecule is O=C(NCc1nc2ccccc2[nH]1)OCc1ccc(C(=O)NO)cc1. The van der Waals surface area contributed by atoms with E-state index >= 15 is 0 Å². The maximum Gasteiger partial charge on any atom is 0.407 e. The average molecular weight is 340 g/mol. The number of aromatic amines is 1. The van der Waals surface area contributed by atoms with Crippen molar-refractivity contribution >= 4 is 23.0 Å². The van der Waals surface area contributed by atoms with Gasteiger partial charge in [0.1, 0.15) is 12.4 Å². The van der Waals surface area contributed by atoms with Crippen molar-refractivity contribution in [1.29, 1.82) is 0 Å². The van der Waals surface area contributed by atoms with Gasteiger partial charge >= 0.3 is 6.09 Å². The van der Waals surface area contributed by atoms with E-state index in [4.69, 9.17) is 9.94 Å². The van der Waals surface area contributed by atoms with E-state index in [1.807, 2.05) is 24.3 Å². The number of amides is 2. The van der Waals surface area contributed by atoms with Gasteiger partial charge in [-0.1, -0.05) is 24.3 Å². The predicted octanol–water partition coefficient (Wildman–Crippen LogP) is 2.11. The first-order chi connectivity index (χ1) is 12.2. The average Bonchev–Trinajstić information content (AvgIpc) is 3.07. The minimum absolute atomic E-state index is 0.0625. The molecule has 128 valence electrons. The standard InChI is InChI=1S/C17H16N4O4/c22-16(21-24)12-7-5-11(6-8-12)10-25-17(23)18-9-15-19-13-3-1-2-4-14(13)20-15/h1-8,24H,9-10H2,(H,18,23)(H,19,20)(H,21,22). The minimum atomic E-state index is -0.601. The smallest absolute Gasteiger partial charge is 0.407 e. The van der Waals surface area contributed by atoms with Crippen molar-refractivity contribution in [2.24, 2.45) is 0 Å². The van der Waals surface area contributed by atoms with E-state index in [-0.39, 0.29) is 13.2 Å². The maximum atomic E-state index is 11.8. The Balaban J connectivity index is 1.48.